The van der Waals surface area contributed by atoms with E-state index in [9.17, 15) is 9.59 Å². The molecule has 2 N–H and O–H groups in total. The van der Waals surface area contributed by atoms with Crippen LogP contribution in [0.3, 0.4) is 0 Å². The van der Waals surface area contributed by atoms with Gasteiger partial charge >= 0.3 is 6.03 Å². The van der Waals surface area contributed by atoms with E-state index in [2.05, 4.69) is 10.6 Å². The van der Waals surface area contributed by atoms with Crippen LogP contribution in [-0.2, 0) is 11.3 Å². The molecule has 3 amide bonds. The molecule has 0 aliphatic carbocycles. The number of urea groups is 1. The Morgan fingerprint density at radius 2 is 1.73 bits per heavy atom. The number of rotatable bonds is 5. The van der Waals surface area contributed by atoms with E-state index in [0.29, 0.717) is 23.0 Å². The van der Waals surface area contributed by atoms with Crippen LogP contribution in [0.4, 0.5) is 10.5 Å². The molecular formula is C26H26ClN3O2S. The van der Waals surface area contributed by atoms with Crippen LogP contribution in [0.5, 0.6) is 0 Å². The Kier molecular flexibility index (Phi) is 7.26. The molecule has 3 aromatic rings. The molecule has 4 rings (SSSR count). The highest BCUT2D eigenvalue weighted by atomic mass is 35.5. The Morgan fingerprint density at radius 3 is 2.42 bits per heavy atom. The molecule has 33 heavy (non-hydrogen) atoms. The largest absolute Gasteiger partial charge is 0.350 e. The zero-order chi connectivity index (χ0) is 23.4. The van der Waals surface area contributed by atoms with Gasteiger partial charge < -0.3 is 10.6 Å². The summed E-state index contributed by atoms with van der Waals surface area (Å²) in [5.41, 5.74) is 4.91. The van der Waals surface area contributed by atoms with Gasteiger partial charge in [-0.2, -0.15) is 0 Å². The van der Waals surface area contributed by atoms with E-state index < -0.39 is 6.04 Å². The number of anilines is 1. The number of hydrogen-bond donors (Lipinski definition) is 2. The average molecular weight is 480 g/mol. The van der Waals surface area contributed by atoms with Crippen molar-refractivity contribution in [2.24, 2.45) is 0 Å². The molecule has 0 bridgehead atoms. The predicted molar refractivity (Wildman–Crippen MR) is 136 cm³/mol. The van der Waals surface area contributed by atoms with E-state index in [4.69, 9.17) is 11.6 Å². The van der Waals surface area contributed by atoms with Crippen molar-refractivity contribution >= 4 is 41.0 Å². The molecular weight excluding hydrogens is 454 g/mol. The number of carbonyl (C=O) groups excluding carboxylic acids is 2. The molecule has 0 saturated carbocycles. The number of nitrogens with zero attached hydrogens (tertiary/aromatic N) is 1. The standard InChI is InChI=1S/C26H26ClN3O2S/c1-17-8-13-22(14-18(17)2)29-26(32)30-23(16-33-25(30)20-6-4-3-5-7-20)24(31)28-15-19-9-11-21(27)12-10-19/h3-14,23,25H,15-16H2,1-2H3,(H,28,31)(H,29,32)/t23-,25+/m1/s1. The number of amides is 3. The lowest BCUT2D eigenvalue weighted by Crippen LogP contribution is -2.49. The number of benzene rings is 3. The Labute approximate surface area is 203 Å². The van der Waals surface area contributed by atoms with Crippen molar-refractivity contribution in [2.75, 3.05) is 11.1 Å². The van der Waals surface area contributed by atoms with E-state index in [0.717, 1.165) is 22.3 Å². The minimum atomic E-state index is -0.584. The lowest BCUT2D eigenvalue weighted by molar-refractivity contribution is -0.124. The molecule has 170 valence electrons. The van der Waals surface area contributed by atoms with Gasteiger partial charge in [0.2, 0.25) is 5.91 Å². The minimum Gasteiger partial charge on any atom is -0.350 e. The van der Waals surface area contributed by atoms with Gasteiger partial charge in [-0.25, -0.2) is 4.79 Å². The van der Waals surface area contributed by atoms with Crippen molar-refractivity contribution in [2.45, 2.75) is 31.8 Å². The molecule has 0 unspecified atom stereocenters. The monoisotopic (exact) mass is 479 g/mol. The smallest absolute Gasteiger partial charge is 0.323 e. The van der Waals surface area contributed by atoms with Crippen molar-refractivity contribution in [3.63, 3.8) is 0 Å². The van der Waals surface area contributed by atoms with Crippen LogP contribution in [0.2, 0.25) is 5.02 Å². The van der Waals surface area contributed by atoms with Crippen LogP contribution in [0.15, 0.2) is 72.8 Å². The Hall–Kier alpha value is -2.96. The Morgan fingerprint density at radius 1 is 1.00 bits per heavy atom. The second kappa shape index (κ2) is 10.3. The molecule has 0 radical (unpaired) electrons. The van der Waals surface area contributed by atoms with Gasteiger partial charge in [-0.05, 0) is 60.4 Å². The van der Waals surface area contributed by atoms with Crippen molar-refractivity contribution in [1.29, 1.82) is 0 Å². The zero-order valence-electron chi connectivity index (χ0n) is 18.5. The summed E-state index contributed by atoms with van der Waals surface area (Å²) in [5, 5.41) is 6.38. The highest BCUT2D eigenvalue weighted by Gasteiger charge is 2.42. The van der Waals surface area contributed by atoms with Gasteiger partial charge in [0.25, 0.3) is 0 Å². The summed E-state index contributed by atoms with van der Waals surface area (Å²) in [4.78, 5) is 28.2. The quantitative estimate of drug-likeness (QED) is 0.477. The fourth-order valence-electron chi connectivity index (χ4n) is 3.75. The highest BCUT2D eigenvalue weighted by molar-refractivity contribution is 7.99. The van der Waals surface area contributed by atoms with Crippen LogP contribution in [0.25, 0.3) is 0 Å². The third-order valence-electron chi connectivity index (χ3n) is 5.76. The van der Waals surface area contributed by atoms with E-state index in [1.807, 2.05) is 74.5 Å². The number of aryl methyl sites for hydroxylation is 2. The molecule has 7 heteroatoms. The maximum absolute atomic E-state index is 13.4. The van der Waals surface area contributed by atoms with Crippen LogP contribution in [0, 0.1) is 13.8 Å². The van der Waals surface area contributed by atoms with Crippen molar-refractivity contribution in [3.8, 4) is 0 Å². The topological polar surface area (TPSA) is 61.4 Å². The van der Waals surface area contributed by atoms with Crippen LogP contribution in [0.1, 0.15) is 27.6 Å². The van der Waals surface area contributed by atoms with Gasteiger partial charge in [-0.15, -0.1) is 11.8 Å². The molecule has 1 saturated heterocycles. The number of carbonyl (C=O) groups is 2. The average Bonchev–Trinajstić information content (AvgIpc) is 3.27. The molecule has 1 heterocycles. The minimum absolute atomic E-state index is 0.175. The molecule has 1 aliphatic rings. The summed E-state index contributed by atoms with van der Waals surface area (Å²) >= 11 is 7.54. The first-order chi connectivity index (χ1) is 15.9. The van der Waals surface area contributed by atoms with Gasteiger partial charge in [0, 0.05) is 23.0 Å². The van der Waals surface area contributed by atoms with Gasteiger partial charge in [0.05, 0.1) is 0 Å². The molecule has 1 aliphatic heterocycles. The van der Waals surface area contributed by atoms with Gasteiger partial charge in [0.15, 0.2) is 0 Å². The SMILES string of the molecule is Cc1ccc(NC(=O)N2[C@@H](C(=O)NCc3ccc(Cl)cc3)CS[C@H]2c2ccccc2)cc1C. The maximum atomic E-state index is 13.4. The highest BCUT2D eigenvalue weighted by Crippen LogP contribution is 2.41. The third-order valence-corrected chi connectivity index (χ3v) is 7.34. The molecule has 1 fully saturated rings. The van der Waals surface area contributed by atoms with Crippen LogP contribution >= 0.6 is 23.4 Å². The summed E-state index contributed by atoms with van der Waals surface area (Å²) in [6, 6.07) is 22.1. The van der Waals surface area contributed by atoms with Gasteiger partial charge in [-0.1, -0.05) is 60.1 Å². The summed E-state index contributed by atoms with van der Waals surface area (Å²) in [7, 11) is 0. The summed E-state index contributed by atoms with van der Waals surface area (Å²) in [6.07, 6.45) is 0. The van der Waals surface area contributed by atoms with Crippen molar-refractivity contribution < 1.29 is 9.59 Å². The summed E-state index contributed by atoms with van der Waals surface area (Å²) in [5.74, 6) is 0.345. The second-order valence-corrected chi connectivity index (χ2v) is 9.64. The fourth-order valence-corrected chi connectivity index (χ4v) is 5.30. The zero-order valence-corrected chi connectivity index (χ0v) is 20.1. The van der Waals surface area contributed by atoms with Crippen LogP contribution in [-0.4, -0.2) is 28.6 Å². The number of thioether (sulfide) groups is 1. The number of hydrogen-bond acceptors (Lipinski definition) is 3. The first-order valence-corrected chi connectivity index (χ1v) is 12.2. The second-order valence-electron chi connectivity index (χ2n) is 8.09. The fraction of sp³-hybridized carbons (Fsp3) is 0.231. The summed E-state index contributed by atoms with van der Waals surface area (Å²) in [6.45, 7) is 4.42. The Bertz CT molecular complexity index is 1140. The number of nitrogens with one attached hydrogen (secondary N) is 2. The van der Waals surface area contributed by atoms with E-state index in [-0.39, 0.29) is 17.3 Å². The molecule has 0 spiro atoms. The normalized spacial score (nSPS) is 17.6. The van der Waals surface area contributed by atoms with Gasteiger partial charge in [0.1, 0.15) is 11.4 Å². The first kappa shape index (κ1) is 23.2. The first-order valence-electron chi connectivity index (χ1n) is 10.8. The lowest BCUT2D eigenvalue weighted by Gasteiger charge is -2.29. The Balaban J connectivity index is 1.54. The lowest BCUT2D eigenvalue weighted by atomic mass is 10.1. The number of halogens is 1. The molecule has 3 aromatic carbocycles. The van der Waals surface area contributed by atoms with Crippen LogP contribution < -0.4 is 10.6 Å². The van der Waals surface area contributed by atoms with E-state index in [1.54, 1.807) is 28.8 Å². The third kappa shape index (κ3) is 5.52. The van der Waals surface area contributed by atoms with Crippen molar-refractivity contribution in [3.05, 3.63) is 100 Å². The van der Waals surface area contributed by atoms with E-state index in [1.165, 1.54) is 0 Å². The maximum Gasteiger partial charge on any atom is 0.323 e. The van der Waals surface area contributed by atoms with Crippen molar-refractivity contribution in [1.82, 2.24) is 10.2 Å². The summed E-state index contributed by atoms with van der Waals surface area (Å²) < 4.78 is 0. The van der Waals surface area contributed by atoms with Gasteiger partial charge in [-0.3, -0.25) is 9.69 Å². The van der Waals surface area contributed by atoms with E-state index >= 15 is 0 Å². The predicted octanol–water partition coefficient (Wildman–Crippen LogP) is 5.92. The molecule has 5 nitrogen and oxygen atoms in total. The molecule has 0 aromatic heterocycles. The molecule has 2 atom stereocenters.